The van der Waals surface area contributed by atoms with Crippen LogP contribution in [-0.4, -0.2) is 11.8 Å². The lowest BCUT2D eigenvalue weighted by Gasteiger charge is -1.95. The molecule has 0 bridgehead atoms. The summed E-state index contributed by atoms with van der Waals surface area (Å²) in [5.41, 5.74) is 0. The third-order valence-electron chi connectivity index (χ3n) is 0.816. The summed E-state index contributed by atoms with van der Waals surface area (Å²) >= 11 is 0. The van der Waals surface area contributed by atoms with Crippen molar-refractivity contribution in [1.82, 2.24) is 5.16 Å². The molecule has 0 amide bonds. The molecule has 1 rings (SSSR count). The monoisotopic (exact) mass is 179 g/mol. The predicted molar refractivity (Wildman–Crippen MR) is 39.2 cm³/mol. The highest BCUT2D eigenvalue weighted by atomic mass is 19.3. The molecule has 0 aromatic carbocycles. The van der Waals surface area contributed by atoms with Gasteiger partial charge in [0.1, 0.15) is 5.76 Å². The molecule has 0 N–H and O–H groups in total. The fourth-order valence-corrected chi connectivity index (χ4v) is 0.490. The van der Waals surface area contributed by atoms with Crippen LogP contribution in [0.4, 0.5) is 8.78 Å². The second kappa shape index (κ2) is 5.51. The Morgan fingerprint density at radius 1 is 1.50 bits per heavy atom. The van der Waals surface area contributed by atoms with Crippen LogP contribution in [0.2, 0.25) is 0 Å². The van der Waals surface area contributed by atoms with Gasteiger partial charge in [0, 0.05) is 6.07 Å². The molecular formula is C7H11F2NO2. The summed E-state index contributed by atoms with van der Waals surface area (Å²) in [5, 5.41) is 3.18. The third kappa shape index (κ3) is 3.90. The van der Waals surface area contributed by atoms with Gasteiger partial charge in [-0.2, -0.15) is 8.78 Å². The first kappa shape index (κ1) is 10.9. The molecule has 0 atom stereocenters. The van der Waals surface area contributed by atoms with Crippen molar-refractivity contribution in [3.05, 3.63) is 11.8 Å². The zero-order valence-corrected chi connectivity index (χ0v) is 7.17. The predicted octanol–water partition coefficient (Wildman–Crippen LogP) is 2.61. The molecule has 0 aliphatic rings. The van der Waals surface area contributed by atoms with Crippen molar-refractivity contribution in [1.29, 1.82) is 0 Å². The first-order chi connectivity index (χ1) is 5.68. The average molecular weight is 179 g/mol. The topological polar surface area (TPSA) is 35.3 Å². The van der Waals surface area contributed by atoms with E-state index in [1.54, 1.807) is 6.92 Å². The largest absolute Gasteiger partial charge is 0.414 e. The molecule has 0 aliphatic carbocycles. The molecule has 1 heterocycles. The van der Waals surface area contributed by atoms with Gasteiger partial charge in [-0.1, -0.05) is 13.8 Å². The standard InChI is InChI=1S/C5H5F2NO2.C2H6/c1-3-2-4(8-10-3)9-5(6)7;1-2/h2,5H,1H3;1-2H3. The van der Waals surface area contributed by atoms with Crippen LogP contribution < -0.4 is 4.74 Å². The van der Waals surface area contributed by atoms with Crippen LogP contribution in [0.1, 0.15) is 19.6 Å². The Labute approximate surface area is 69.3 Å². The van der Waals surface area contributed by atoms with E-state index in [4.69, 9.17) is 0 Å². The maximum absolute atomic E-state index is 11.4. The summed E-state index contributed by atoms with van der Waals surface area (Å²) in [6.07, 6.45) is 0. The second-order valence-corrected chi connectivity index (χ2v) is 1.65. The smallest absolute Gasteiger partial charge is 0.388 e. The molecule has 12 heavy (non-hydrogen) atoms. The van der Waals surface area contributed by atoms with Gasteiger partial charge in [-0.15, -0.1) is 0 Å². The van der Waals surface area contributed by atoms with E-state index < -0.39 is 6.61 Å². The summed E-state index contributed by atoms with van der Waals surface area (Å²) in [5.74, 6) is 0.253. The zero-order valence-electron chi connectivity index (χ0n) is 7.17. The number of rotatable bonds is 2. The summed E-state index contributed by atoms with van der Waals surface area (Å²) in [7, 11) is 0. The molecule has 0 unspecified atom stereocenters. The Kier molecular flexibility index (Phi) is 4.99. The Morgan fingerprint density at radius 2 is 2.08 bits per heavy atom. The number of halogens is 2. The number of aromatic nitrogens is 1. The Balaban J connectivity index is 0.000000561. The summed E-state index contributed by atoms with van der Waals surface area (Å²) in [4.78, 5) is 0. The van der Waals surface area contributed by atoms with Crippen molar-refractivity contribution in [3.63, 3.8) is 0 Å². The molecule has 0 saturated carbocycles. The lowest BCUT2D eigenvalue weighted by atomic mass is 10.5. The van der Waals surface area contributed by atoms with E-state index in [2.05, 4.69) is 14.4 Å². The maximum atomic E-state index is 11.4. The van der Waals surface area contributed by atoms with E-state index in [9.17, 15) is 8.78 Å². The SMILES string of the molecule is CC.Cc1cc(OC(F)F)no1. The molecule has 1 aromatic rings. The highest BCUT2D eigenvalue weighted by Crippen LogP contribution is 2.12. The third-order valence-corrected chi connectivity index (χ3v) is 0.816. The lowest BCUT2D eigenvalue weighted by Crippen LogP contribution is -2.01. The molecule has 1 aromatic heterocycles. The van der Waals surface area contributed by atoms with E-state index in [0.29, 0.717) is 5.76 Å². The number of ether oxygens (including phenoxy) is 1. The van der Waals surface area contributed by atoms with Crippen LogP contribution in [0.15, 0.2) is 10.6 Å². The number of hydrogen-bond acceptors (Lipinski definition) is 3. The van der Waals surface area contributed by atoms with Gasteiger partial charge in [-0.05, 0) is 12.1 Å². The molecule has 0 fully saturated rings. The summed E-state index contributed by atoms with van der Waals surface area (Å²) in [6.45, 7) is 2.75. The Hall–Kier alpha value is -1.13. The van der Waals surface area contributed by atoms with Crippen LogP contribution in [-0.2, 0) is 0 Å². The maximum Gasteiger partial charge on any atom is 0.388 e. The minimum atomic E-state index is -2.84. The van der Waals surface area contributed by atoms with E-state index >= 15 is 0 Å². The quantitative estimate of drug-likeness (QED) is 0.699. The number of aryl methyl sites for hydroxylation is 1. The van der Waals surface area contributed by atoms with Crippen LogP contribution in [0.25, 0.3) is 0 Å². The van der Waals surface area contributed by atoms with Gasteiger partial charge < -0.3 is 9.26 Å². The molecule has 0 radical (unpaired) electrons. The zero-order chi connectivity index (χ0) is 9.56. The van der Waals surface area contributed by atoms with Crippen LogP contribution >= 0.6 is 0 Å². The van der Waals surface area contributed by atoms with E-state index in [1.165, 1.54) is 6.07 Å². The highest BCUT2D eigenvalue weighted by Gasteiger charge is 2.07. The Bertz CT molecular complexity index is 213. The molecule has 0 aliphatic heterocycles. The summed E-state index contributed by atoms with van der Waals surface area (Å²) < 4.78 is 31.2. The van der Waals surface area contributed by atoms with Gasteiger partial charge in [-0.25, -0.2) is 0 Å². The molecular weight excluding hydrogens is 168 g/mol. The van der Waals surface area contributed by atoms with Crippen molar-refractivity contribution >= 4 is 0 Å². The molecule has 0 spiro atoms. The van der Waals surface area contributed by atoms with Crippen LogP contribution in [0, 0.1) is 6.92 Å². The van der Waals surface area contributed by atoms with Gasteiger partial charge >= 0.3 is 6.61 Å². The van der Waals surface area contributed by atoms with Crippen molar-refractivity contribution in [2.24, 2.45) is 0 Å². The normalized spacial score (nSPS) is 9.17. The molecule has 5 heteroatoms. The number of alkyl halides is 2. The minimum Gasteiger partial charge on any atom is -0.414 e. The number of hydrogen-bond donors (Lipinski definition) is 0. The second-order valence-electron chi connectivity index (χ2n) is 1.65. The summed E-state index contributed by atoms with van der Waals surface area (Å²) in [6, 6.07) is 1.28. The van der Waals surface area contributed by atoms with Gasteiger partial charge in [0.15, 0.2) is 0 Å². The fraction of sp³-hybridized carbons (Fsp3) is 0.571. The first-order valence-electron chi connectivity index (χ1n) is 3.56. The lowest BCUT2D eigenvalue weighted by molar-refractivity contribution is -0.0545. The van der Waals surface area contributed by atoms with Crippen molar-refractivity contribution in [2.75, 3.05) is 0 Å². The fourth-order valence-electron chi connectivity index (χ4n) is 0.490. The van der Waals surface area contributed by atoms with Gasteiger partial charge in [0.25, 0.3) is 5.88 Å². The minimum absolute atomic E-state index is 0.187. The van der Waals surface area contributed by atoms with Gasteiger partial charge in [0.05, 0.1) is 0 Å². The van der Waals surface area contributed by atoms with Crippen molar-refractivity contribution < 1.29 is 18.0 Å². The number of nitrogens with zero attached hydrogens (tertiary/aromatic N) is 1. The Morgan fingerprint density at radius 3 is 2.42 bits per heavy atom. The molecule has 70 valence electrons. The van der Waals surface area contributed by atoms with E-state index in [1.807, 2.05) is 13.8 Å². The van der Waals surface area contributed by atoms with Crippen molar-refractivity contribution in [2.45, 2.75) is 27.4 Å². The van der Waals surface area contributed by atoms with E-state index in [-0.39, 0.29) is 5.88 Å². The molecule has 3 nitrogen and oxygen atoms in total. The van der Waals surface area contributed by atoms with Crippen LogP contribution in [0.3, 0.4) is 0 Å². The average Bonchev–Trinajstić information content (AvgIpc) is 2.39. The van der Waals surface area contributed by atoms with Gasteiger partial charge in [-0.3, -0.25) is 0 Å². The van der Waals surface area contributed by atoms with E-state index in [0.717, 1.165) is 0 Å². The van der Waals surface area contributed by atoms with Crippen molar-refractivity contribution in [3.8, 4) is 5.88 Å². The molecule has 0 saturated heterocycles. The first-order valence-corrected chi connectivity index (χ1v) is 3.56. The van der Waals surface area contributed by atoms with Gasteiger partial charge in [0.2, 0.25) is 0 Å². The van der Waals surface area contributed by atoms with Crippen LogP contribution in [0.5, 0.6) is 5.88 Å². The highest BCUT2D eigenvalue weighted by molar-refractivity contribution is 5.09.